The van der Waals surface area contributed by atoms with Crippen LogP contribution in [0.4, 0.5) is 0 Å². The molecule has 3 aromatic rings. The van der Waals surface area contributed by atoms with Crippen LogP contribution in [-0.4, -0.2) is 15.5 Å². The van der Waals surface area contributed by atoms with Crippen LogP contribution in [0.25, 0.3) is 0 Å². The van der Waals surface area contributed by atoms with Gasteiger partial charge in [0, 0.05) is 18.4 Å². The second-order valence-corrected chi connectivity index (χ2v) is 6.76. The van der Waals surface area contributed by atoms with Crippen molar-refractivity contribution in [3.05, 3.63) is 88.0 Å². The Bertz CT molecular complexity index is 909. The normalized spacial score (nSPS) is 10.8. The van der Waals surface area contributed by atoms with Gasteiger partial charge in [0.05, 0.1) is 12.2 Å². The Labute approximate surface area is 154 Å². The van der Waals surface area contributed by atoms with Gasteiger partial charge < -0.3 is 9.88 Å². The predicted molar refractivity (Wildman–Crippen MR) is 104 cm³/mol. The molecule has 3 rings (SSSR count). The molecule has 0 bridgehead atoms. The van der Waals surface area contributed by atoms with Crippen molar-refractivity contribution in [3.8, 4) is 0 Å². The van der Waals surface area contributed by atoms with E-state index in [9.17, 15) is 4.79 Å². The van der Waals surface area contributed by atoms with E-state index in [0.717, 1.165) is 22.6 Å². The molecule has 134 valence electrons. The van der Waals surface area contributed by atoms with E-state index >= 15 is 0 Å². The van der Waals surface area contributed by atoms with E-state index in [1.165, 1.54) is 16.7 Å². The first-order valence-corrected chi connectivity index (χ1v) is 8.87. The molecule has 26 heavy (non-hydrogen) atoms. The van der Waals surface area contributed by atoms with Crippen molar-refractivity contribution in [2.75, 3.05) is 0 Å². The van der Waals surface area contributed by atoms with Crippen LogP contribution in [0.15, 0.2) is 48.7 Å². The summed E-state index contributed by atoms with van der Waals surface area (Å²) in [4.78, 5) is 17.2. The summed E-state index contributed by atoms with van der Waals surface area (Å²) in [5.41, 5.74) is 7.34. The van der Waals surface area contributed by atoms with Gasteiger partial charge in [-0.25, -0.2) is 0 Å². The van der Waals surface area contributed by atoms with Crippen LogP contribution < -0.4 is 5.32 Å². The van der Waals surface area contributed by atoms with Crippen LogP contribution in [0.5, 0.6) is 0 Å². The van der Waals surface area contributed by atoms with Gasteiger partial charge >= 0.3 is 0 Å². The number of aryl methyl sites for hydroxylation is 1. The fourth-order valence-electron chi connectivity index (χ4n) is 3.15. The van der Waals surface area contributed by atoms with Crippen molar-refractivity contribution in [2.45, 2.75) is 40.8 Å². The summed E-state index contributed by atoms with van der Waals surface area (Å²) >= 11 is 0. The zero-order chi connectivity index (χ0) is 18.7. The minimum Gasteiger partial charge on any atom is -0.345 e. The van der Waals surface area contributed by atoms with Crippen LogP contribution in [0.2, 0.25) is 0 Å². The first kappa shape index (κ1) is 17.9. The number of carbonyl (C=O) groups excluding carboxylic acids is 1. The maximum Gasteiger partial charge on any atom is 0.268 e. The number of hydrogen-bond donors (Lipinski definition) is 1. The van der Waals surface area contributed by atoms with E-state index in [1.807, 2.05) is 25.1 Å². The second-order valence-electron chi connectivity index (χ2n) is 6.76. The highest BCUT2D eigenvalue weighted by Gasteiger charge is 2.20. The number of carbonyl (C=O) groups is 1. The summed E-state index contributed by atoms with van der Waals surface area (Å²) in [6.45, 7) is 9.36. The van der Waals surface area contributed by atoms with Crippen molar-refractivity contribution < 1.29 is 4.79 Å². The minimum absolute atomic E-state index is 0.0588. The van der Waals surface area contributed by atoms with Gasteiger partial charge in [0.25, 0.3) is 5.91 Å². The molecule has 2 aromatic heterocycles. The highest BCUT2D eigenvalue weighted by molar-refractivity contribution is 5.94. The minimum atomic E-state index is -0.0588. The molecule has 0 atom stereocenters. The molecule has 0 fully saturated rings. The monoisotopic (exact) mass is 347 g/mol. The lowest BCUT2D eigenvalue weighted by Gasteiger charge is -2.13. The lowest BCUT2D eigenvalue weighted by atomic mass is 10.1. The summed E-state index contributed by atoms with van der Waals surface area (Å²) < 4.78 is 2.11. The smallest absolute Gasteiger partial charge is 0.268 e. The fraction of sp³-hybridized carbons (Fsp3) is 0.273. The maximum absolute atomic E-state index is 12.9. The highest BCUT2D eigenvalue weighted by atomic mass is 16.1. The topological polar surface area (TPSA) is 46.9 Å². The van der Waals surface area contributed by atoms with Crippen LogP contribution in [0.3, 0.4) is 0 Å². The van der Waals surface area contributed by atoms with Crippen LogP contribution in [-0.2, 0) is 13.1 Å². The van der Waals surface area contributed by atoms with Crippen molar-refractivity contribution in [1.29, 1.82) is 0 Å². The Morgan fingerprint density at radius 1 is 1.00 bits per heavy atom. The number of aromatic nitrogens is 2. The van der Waals surface area contributed by atoms with Gasteiger partial charge in [0.15, 0.2) is 0 Å². The first-order chi connectivity index (χ1) is 12.5. The van der Waals surface area contributed by atoms with Crippen molar-refractivity contribution in [1.82, 2.24) is 14.9 Å². The van der Waals surface area contributed by atoms with Gasteiger partial charge in [-0.2, -0.15) is 0 Å². The molecule has 1 amide bonds. The molecular formula is C22H25N3O. The molecule has 4 heteroatoms. The van der Waals surface area contributed by atoms with E-state index in [2.05, 4.69) is 59.9 Å². The summed E-state index contributed by atoms with van der Waals surface area (Å²) in [6.07, 6.45) is 1.74. The zero-order valence-corrected chi connectivity index (χ0v) is 15.8. The Hall–Kier alpha value is -2.88. The lowest BCUT2D eigenvalue weighted by Crippen LogP contribution is -2.27. The molecule has 0 aliphatic heterocycles. The zero-order valence-electron chi connectivity index (χ0n) is 15.8. The molecule has 0 saturated heterocycles. The van der Waals surface area contributed by atoms with Gasteiger partial charge in [-0.3, -0.25) is 9.78 Å². The summed E-state index contributed by atoms with van der Waals surface area (Å²) in [5, 5.41) is 3.01. The molecule has 1 N–H and O–H groups in total. The van der Waals surface area contributed by atoms with Gasteiger partial charge in [0.2, 0.25) is 0 Å². The molecule has 1 aromatic carbocycles. The quantitative estimate of drug-likeness (QED) is 0.755. The summed E-state index contributed by atoms with van der Waals surface area (Å²) in [5.74, 6) is -0.0588. The lowest BCUT2D eigenvalue weighted by molar-refractivity contribution is 0.0940. The standard InChI is InChI=1S/C22H25N3O/c1-15-8-10-19(11-9-15)14-25-18(4)16(2)17(3)21(25)22(26)24-13-20-7-5-6-12-23-20/h5-12H,13-14H2,1-4H3,(H,24,26). The molecule has 0 aliphatic rings. The number of benzene rings is 1. The molecule has 0 spiro atoms. The van der Waals surface area contributed by atoms with Crippen molar-refractivity contribution in [2.24, 2.45) is 0 Å². The average Bonchev–Trinajstić information content (AvgIpc) is 2.86. The Balaban J connectivity index is 1.86. The van der Waals surface area contributed by atoms with E-state index in [-0.39, 0.29) is 5.91 Å². The Kier molecular flexibility index (Phi) is 5.21. The third-order valence-electron chi connectivity index (χ3n) is 4.97. The summed E-state index contributed by atoms with van der Waals surface area (Å²) in [6, 6.07) is 14.2. The molecule has 0 saturated carbocycles. The molecule has 4 nitrogen and oxygen atoms in total. The molecule has 2 heterocycles. The maximum atomic E-state index is 12.9. The third-order valence-corrected chi connectivity index (χ3v) is 4.97. The SMILES string of the molecule is Cc1ccc(Cn2c(C)c(C)c(C)c2C(=O)NCc2ccccn2)cc1. The van der Waals surface area contributed by atoms with E-state index < -0.39 is 0 Å². The second kappa shape index (κ2) is 7.56. The Morgan fingerprint density at radius 2 is 1.73 bits per heavy atom. The van der Waals surface area contributed by atoms with Gasteiger partial charge in [-0.05, 0) is 56.5 Å². The summed E-state index contributed by atoms with van der Waals surface area (Å²) in [7, 11) is 0. The van der Waals surface area contributed by atoms with Crippen LogP contribution in [0.1, 0.15) is 44.1 Å². The number of pyridine rings is 1. The predicted octanol–water partition coefficient (Wildman–Crippen LogP) is 4.10. The Morgan fingerprint density at radius 3 is 2.38 bits per heavy atom. The third kappa shape index (κ3) is 3.69. The fourth-order valence-corrected chi connectivity index (χ4v) is 3.15. The van der Waals surface area contributed by atoms with E-state index in [4.69, 9.17) is 0 Å². The molecule has 0 unspecified atom stereocenters. The van der Waals surface area contributed by atoms with E-state index in [0.29, 0.717) is 13.1 Å². The van der Waals surface area contributed by atoms with Crippen molar-refractivity contribution >= 4 is 5.91 Å². The number of amides is 1. The average molecular weight is 347 g/mol. The van der Waals surface area contributed by atoms with Gasteiger partial charge in [-0.1, -0.05) is 35.9 Å². The number of nitrogens with one attached hydrogen (secondary N) is 1. The number of hydrogen-bond acceptors (Lipinski definition) is 2. The van der Waals surface area contributed by atoms with Crippen molar-refractivity contribution in [3.63, 3.8) is 0 Å². The number of nitrogens with zero attached hydrogens (tertiary/aromatic N) is 2. The largest absolute Gasteiger partial charge is 0.345 e. The molecule has 0 aliphatic carbocycles. The molecule has 0 radical (unpaired) electrons. The highest BCUT2D eigenvalue weighted by Crippen LogP contribution is 2.23. The van der Waals surface area contributed by atoms with Gasteiger partial charge in [0.1, 0.15) is 5.69 Å². The van der Waals surface area contributed by atoms with Crippen LogP contribution >= 0.6 is 0 Å². The van der Waals surface area contributed by atoms with Crippen LogP contribution in [0, 0.1) is 27.7 Å². The molecular weight excluding hydrogens is 322 g/mol. The first-order valence-electron chi connectivity index (χ1n) is 8.87. The number of rotatable bonds is 5. The van der Waals surface area contributed by atoms with Gasteiger partial charge in [-0.15, -0.1) is 0 Å². The van der Waals surface area contributed by atoms with E-state index in [1.54, 1.807) is 6.20 Å².